The van der Waals surface area contributed by atoms with E-state index in [-0.39, 0.29) is 141 Å². The summed E-state index contributed by atoms with van der Waals surface area (Å²) in [6.07, 6.45) is 2.53. The molecule has 42 heteroatoms. The molecule has 1 aliphatic carbocycles. The van der Waals surface area contributed by atoms with Crippen LogP contribution in [0.5, 0.6) is 0 Å². The second kappa shape index (κ2) is 56.2. The number of nitrogens with zero attached hydrogens (tertiary/aromatic N) is 4. The average Bonchev–Trinajstić information content (AvgIpc) is 0.880. The molecule has 14 N–H and O–H groups in total. The summed E-state index contributed by atoms with van der Waals surface area (Å²) in [6.45, 7) is 6.90. The number of hydrogen-bond acceptors (Lipinski definition) is 26. The van der Waals surface area contributed by atoms with Gasteiger partial charge in [0.25, 0.3) is 23.6 Å². The number of nitrogens with one attached hydrogen (secondary N) is 8. The highest BCUT2D eigenvalue weighted by atomic mass is 33.1. The third-order valence-corrected chi connectivity index (χ3v) is 24.5. The number of aromatic carboxylic acids is 1. The van der Waals surface area contributed by atoms with Crippen LogP contribution in [0.15, 0.2) is 180 Å². The first-order chi connectivity index (χ1) is 65.9. The van der Waals surface area contributed by atoms with E-state index in [0.29, 0.717) is 68.5 Å². The normalized spacial score (nSPS) is 12.3. The molecule has 6 aromatic rings. The van der Waals surface area contributed by atoms with E-state index < -0.39 is 151 Å². The molecule has 2 heterocycles. The molecule has 4 atom stereocenters. The third-order valence-electron chi connectivity index (χ3n) is 20.8. The van der Waals surface area contributed by atoms with E-state index in [1.54, 1.807) is 78.9 Å². The van der Waals surface area contributed by atoms with Gasteiger partial charge in [0.1, 0.15) is 49.6 Å². The molecule has 0 saturated heterocycles. The molecule has 0 aromatic heterocycles. The predicted octanol–water partition coefficient (Wildman–Crippen LogP) is 6.29. The van der Waals surface area contributed by atoms with E-state index in [0.717, 1.165) is 25.6 Å². The topological polar surface area (TPSA) is 591 Å². The molecule has 6 aromatic carbocycles. The zero-order valence-electron chi connectivity index (χ0n) is 77.1. The minimum Gasteiger partial charge on any atom is -0.545 e. The lowest BCUT2D eigenvalue weighted by Gasteiger charge is -2.25. The van der Waals surface area contributed by atoms with Gasteiger partial charge in [-0.25, -0.2) is 9.48 Å². The summed E-state index contributed by atoms with van der Waals surface area (Å²) in [5.74, 6) is -14.2. The summed E-state index contributed by atoms with van der Waals surface area (Å²) in [4.78, 5) is 233. The average molecular weight is 1990 g/mol. The number of aliphatic carboxylic acids is 6. The maximum Gasteiger partial charge on any atom is 0.320 e. The number of fused-ring (bicyclic) bond motifs is 2. The highest BCUT2D eigenvalue weighted by Gasteiger charge is 2.33. The Labute approximate surface area is 819 Å². The molecular weight excluding hydrogens is 1870 g/mol. The smallest absolute Gasteiger partial charge is 0.320 e. The first-order valence-electron chi connectivity index (χ1n) is 43.7. The zero-order valence-corrected chi connectivity index (χ0v) is 79.6. The molecule has 140 heavy (non-hydrogen) atoms. The van der Waals surface area contributed by atoms with Crippen molar-refractivity contribution >= 4 is 163 Å². The molecule has 746 valence electrons. The molecule has 10 amide bonds. The lowest BCUT2D eigenvalue weighted by molar-refractivity contribution is -0.255. The second-order valence-electron chi connectivity index (χ2n) is 33.0. The summed E-state index contributed by atoms with van der Waals surface area (Å²) in [6, 6.07) is 40.8. The minimum absolute atomic E-state index is 0. The molecule has 4 unspecified atom stereocenters. The molecule has 0 radical (unpaired) electrons. The number of carbonyl (C=O) groups excluding carboxylic acids is 13. The van der Waals surface area contributed by atoms with Gasteiger partial charge in [0.05, 0.1) is 57.2 Å². The van der Waals surface area contributed by atoms with Crippen molar-refractivity contribution in [1.29, 1.82) is 0 Å². The van der Waals surface area contributed by atoms with Crippen LogP contribution in [0.4, 0.5) is 5.69 Å². The van der Waals surface area contributed by atoms with Gasteiger partial charge >= 0.3 is 35.8 Å². The number of unbranched alkanes of at least 4 members (excludes halogenated alkanes) is 2. The number of ketones is 2. The fraction of sp³-hybridized carbons (Fsp3) is 0.347. The summed E-state index contributed by atoms with van der Waals surface area (Å²) in [5.41, 5.74) is 5.95. The monoisotopic (exact) mass is 1990 g/mol. The summed E-state index contributed by atoms with van der Waals surface area (Å²) >= 11 is 4.08. The fourth-order valence-corrected chi connectivity index (χ4v) is 16.6. The SMILES string of the molecule is C.CC(C)(C)SSCC(NC(=O)CCC(=O)NCCCCC(C(=O)O)N(CC(=O)O)CC(=O)O)C(=O)NCNC(=O)c1ccc(C(=O)c2ccccc2)cc1.CC(C)c1ccc2c(-c3cc(N4C(=O)C=CC4=O)ccc3C(=O)[O-])c3ccc(=[N+](C)C)cc-3oc2c1.O=C(O)CN(CC(=O)O)C(CCCCNC(=O)CCC(=O)NC(CS)C(=O)NCNC(=O)c1ccc(C(=O)c2ccccc2)cc1)C(=O)O. The largest absolute Gasteiger partial charge is 0.545 e. The lowest BCUT2D eigenvalue weighted by Crippen LogP contribution is -2.50. The molecule has 9 rings (SSSR count). The van der Waals surface area contributed by atoms with Gasteiger partial charge in [0, 0.05) is 129 Å². The Morgan fingerprint density at radius 2 is 0.907 bits per heavy atom. The number of carbonyl (C=O) groups is 19. The van der Waals surface area contributed by atoms with Gasteiger partial charge in [-0.3, -0.25) is 96.1 Å². The van der Waals surface area contributed by atoms with Crippen molar-refractivity contribution in [3.05, 3.63) is 226 Å². The van der Waals surface area contributed by atoms with Crippen LogP contribution in [-0.2, 0) is 67.1 Å². The number of thiol groups is 1. The Balaban J connectivity index is 0.000000326. The number of carboxylic acids is 7. The maximum absolute atomic E-state index is 13.1. The van der Waals surface area contributed by atoms with Gasteiger partial charge < -0.3 is 87.5 Å². The number of hydrogen-bond donors (Lipinski definition) is 15. The van der Waals surface area contributed by atoms with Crippen LogP contribution in [0, 0.1) is 0 Å². The number of rotatable bonds is 50. The Bertz CT molecular complexity index is 5840. The zero-order chi connectivity index (χ0) is 102. The predicted molar refractivity (Wildman–Crippen MR) is 522 cm³/mol. The molecule has 3 aliphatic rings. The van der Waals surface area contributed by atoms with Crippen molar-refractivity contribution in [3.8, 4) is 22.5 Å². The molecule has 0 saturated carbocycles. The Kier molecular flexibility index (Phi) is 45.8. The first kappa shape index (κ1) is 114. The number of benzene rings is 7. The third kappa shape index (κ3) is 36.6. The van der Waals surface area contributed by atoms with Crippen molar-refractivity contribution in [2.75, 3.05) is 83.1 Å². The summed E-state index contributed by atoms with van der Waals surface area (Å²) in [7, 11) is 6.75. The first-order valence-corrected chi connectivity index (χ1v) is 46.7. The van der Waals surface area contributed by atoms with Gasteiger partial charge in [-0.1, -0.05) is 167 Å². The van der Waals surface area contributed by atoms with Crippen LogP contribution in [0.25, 0.3) is 33.4 Å². The minimum atomic E-state index is -1.37. The van der Waals surface area contributed by atoms with Crippen LogP contribution >= 0.6 is 34.2 Å². The number of carboxylic acid groups (broad SMARTS) is 7. The van der Waals surface area contributed by atoms with Crippen molar-refractivity contribution < 1.29 is 131 Å². The van der Waals surface area contributed by atoms with E-state index in [9.17, 15) is 106 Å². The van der Waals surface area contributed by atoms with E-state index >= 15 is 0 Å². The molecule has 0 spiro atoms. The number of amides is 10. The summed E-state index contributed by atoms with van der Waals surface area (Å²) < 4.78 is 8.16. The molecule has 0 fully saturated rings. The van der Waals surface area contributed by atoms with Crippen LogP contribution in [0.2, 0.25) is 0 Å². The van der Waals surface area contributed by atoms with Crippen molar-refractivity contribution in [1.82, 2.24) is 56.9 Å². The molecule has 2 aliphatic heterocycles. The number of anilines is 1. The van der Waals surface area contributed by atoms with Crippen molar-refractivity contribution in [3.63, 3.8) is 0 Å². The molecule has 39 nitrogen and oxygen atoms in total. The quantitative estimate of drug-likeness (QED) is 0.00291. The second-order valence-corrected chi connectivity index (χ2v) is 36.5. The Morgan fingerprint density at radius 1 is 0.486 bits per heavy atom. The Morgan fingerprint density at radius 3 is 1.31 bits per heavy atom. The summed E-state index contributed by atoms with van der Waals surface area (Å²) in [5, 5.41) is 89.2. The van der Waals surface area contributed by atoms with Gasteiger partial charge in [-0.15, -0.1) is 0 Å². The fourth-order valence-electron chi connectivity index (χ4n) is 13.8. The van der Waals surface area contributed by atoms with Gasteiger partial charge in [0.15, 0.2) is 11.6 Å². The van der Waals surface area contributed by atoms with Crippen LogP contribution in [-0.4, -0.2) is 260 Å². The maximum atomic E-state index is 13.1. The van der Waals surface area contributed by atoms with E-state index in [2.05, 4.69) is 69.0 Å². The van der Waals surface area contributed by atoms with Crippen LogP contribution in [0.1, 0.15) is 181 Å². The van der Waals surface area contributed by atoms with E-state index in [1.807, 2.05) is 75.8 Å². The van der Waals surface area contributed by atoms with Gasteiger partial charge in [-0.05, 0) is 104 Å². The lowest BCUT2D eigenvalue weighted by atomic mass is 9.89. The van der Waals surface area contributed by atoms with E-state index in [4.69, 9.17) is 24.8 Å². The number of imide groups is 1. The highest BCUT2D eigenvalue weighted by Crippen LogP contribution is 2.43. The van der Waals surface area contributed by atoms with Crippen LogP contribution in [0.3, 0.4) is 0 Å². The van der Waals surface area contributed by atoms with Crippen molar-refractivity contribution in [2.24, 2.45) is 0 Å². The van der Waals surface area contributed by atoms with Crippen molar-refractivity contribution in [2.45, 2.75) is 141 Å². The van der Waals surface area contributed by atoms with Gasteiger partial charge in [-0.2, -0.15) is 12.6 Å². The van der Waals surface area contributed by atoms with Crippen LogP contribution < -0.4 is 62.5 Å². The Hall–Kier alpha value is -14.8. The highest BCUT2D eigenvalue weighted by molar-refractivity contribution is 8.77. The standard InChI is InChI=1S/C36H47N5O11S2.C32H39N5O11S.C29H24N2O5.CH4/c1-36(2,3)54-53-21-26(34(50)39-22-38-33(49)25-14-12-24(13-15-25)32(48)23-9-5-4-6-10-23)40-29(43)17-16-28(42)37-18-8-7-11-27(35(51)52)41(19-30(44)45)20-31(46)47;38-25(33-15-5-4-8-24(32(47)48)37(16-27(40)41)17-28(42)43)13-14-26(39)36-23(18-49)31(46)35-19-34-30(45)22-11-9-21(10-12-22)29(44)20-6-2-1-3-7-20;1-16(2)17-5-8-21-24(13-17)36-25-15-18(30(3)4)6-10-22(25)28(21)23-14-19(7-9-20(23)29(34)35)31-26(32)11-12-27(31)33;/h4-6,9-10,12-15,26-27H,7-8,11,16-22H2,1-3H3,(H,37,42)(H,38,49)(H,39,50)(H,40,43)(H,44,45)(H,46,47)(H,51,52);1-3,6-7,9-12,23-24,49H,4-5,8,13-19H2,(H,33,38)(H,34,45)(H,35,46)(H,36,39)(H,40,41)(H,42,43)(H,47,48);5-16H,1-4H3;1H4. The molecule has 0 bridgehead atoms. The van der Waals surface area contributed by atoms with Gasteiger partial charge in [0.2, 0.25) is 40.8 Å². The molecular formula is C98H114N12O27S3. The van der Waals surface area contributed by atoms with E-state index in [1.165, 1.54) is 82.3 Å².